The largest absolute Gasteiger partial charge is 0.472 e. The fraction of sp³-hybridized carbons (Fsp3) is 0.815. The summed E-state index contributed by atoms with van der Waals surface area (Å²) in [5, 5.41) is 10.5. The number of ether oxygens (including phenoxy) is 4. The minimum Gasteiger partial charge on any atom is -0.462 e. The zero-order chi connectivity index (χ0) is 61.9. The van der Waals surface area contributed by atoms with E-state index in [1.165, 1.54) is 51.4 Å². The van der Waals surface area contributed by atoms with E-state index in [4.69, 9.17) is 37.0 Å². The van der Waals surface area contributed by atoms with Crippen molar-refractivity contribution in [1.82, 2.24) is 0 Å². The first-order valence-electron chi connectivity index (χ1n) is 32.9. The Morgan fingerprint density at radius 2 is 0.548 bits per heavy atom. The summed E-state index contributed by atoms with van der Waals surface area (Å²) in [6, 6.07) is 0. The third-order valence-electron chi connectivity index (χ3n) is 13.7. The molecule has 0 radical (unpaired) electrons. The summed E-state index contributed by atoms with van der Waals surface area (Å²) in [7, 11) is -9.91. The molecule has 0 aromatic rings. The Balaban J connectivity index is 5.29. The van der Waals surface area contributed by atoms with Crippen LogP contribution in [0.2, 0.25) is 0 Å². The molecule has 490 valence electrons. The van der Waals surface area contributed by atoms with Crippen LogP contribution in [0.25, 0.3) is 0 Å². The molecule has 0 rings (SSSR count). The van der Waals surface area contributed by atoms with Gasteiger partial charge in [0.1, 0.15) is 19.3 Å². The van der Waals surface area contributed by atoms with Crippen LogP contribution in [0.4, 0.5) is 0 Å². The minimum absolute atomic E-state index is 0.0866. The molecule has 0 amide bonds. The van der Waals surface area contributed by atoms with Gasteiger partial charge in [0.05, 0.1) is 26.4 Å². The summed E-state index contributed by atoms with van der Waals surface area (Å²) < 4.78 is 67.9. The molecule has 0 aliphatic rings. The highest BCUT2D eigenvalue weighted by Gasteiger charge is 2.30. The number of unbranched alkanes of at least 4 members (excludes halogenated alkanes) is 28. The van der Waals surface area contributed by atoms with Gasteiger partial charge in [-0.3, -0.25) is 37.3 Å². The van der Waals surface area contributed by atoms with E-state index >= 15 is 0 Å². The molecule has 0 heterocycles. The van der Waals surface area contributed by atoms with E-state index in [9.17, 15) is 43.2 Å². The van der Waals surface area contributed by atoms with Gasteiger partial charge in [0, 0.05) is 25.7 Å². The lowest BCUT2D eigenvalue weighted by molar-refractivity contribution is -0.161. The molecule has 0 fully saturated rings. The zero-order valence-electron chi connectivity index (χ0n) is 52.8. The van der Waals surface area contributed by atoms with Crippen molar-refractivity contribution < 1.29 is 80.2 Å². The first-order chi connectivity index (χ1) is 40.7. The molecule has 0 saturated carbocycles. The monoisotopic (exact) mass is 1230 g/mol. The molecule has 84 heavy (non-hydrogen) atoms. The number of hydrogen-bond acceptors (Lipinski definition) is 15. The van der Waals surface area contributed by atoms with Crippen LogP contribution in [0.3, 0.4) is 0 Å². The first kappa shape index (κ1) is 81.0. The lowest BCUT2D eigenvalue weighted by Crippen LogP contribution is -2.30. The Bertz CT molecular complexity index is 1680. The zero-order valence-corrected chi connectivity index (χ0v) is 54.6. The molecule has 3 N–H and O–H groups in total. The van der Waals surface area contributed by atoms with E-state index in [2.05, 4.69) is 76.3 Å². The maximum Gasteiger partial charge on any atom is 0.472 e. The third kappa shape index (κ3) is 58.1. The van der Waals surface area contributed by atoms with Gasteiger partial charge < -0.3 is 33.8 Å². The Morgan fingerprint density at radius 3 is 0.821 bits per heavy atom. The Hall–Kier alpha value is -2.98. The lowest BCUT2D eigenvalue weighted by atomic mass is 10.1. The van der Waals surface area contributed by atoms with Gasteiger partial charge in [0.25, 0.3) is 0 Å². The Morgan fingerprint density at radius 1 is 0.321 bits per heavy atom. The number of allylic oxidation sites excluding steroid dienone is 8. The number of rotatable bonds is 62. The van der Waals surface area contributed by atoms with Gasteiger partial charge in [0.2, 0.25) is 0 Å². The Labute approximate surface area is 508 Å². The summed E-state index contributed by atoms with van der Waals surface area (Å²) >= 11 is 0. The Kier molecular flexibility index (Phi) is 56.9. The van der Waals surface area contributed by atoms with Crippen LogP contribution in [0.5, 0.6) is 0 Å². The van der Waals surface area contributed by atoms with E-state index in [1.54, 1.807) is 0 Å². The first-order valence-corrected chi connectivity index (χ1v) is 35.9. The van der Waals surface area contributed by atoms with Gasteiger partial charge in [-0.2, -0.15) is 0 Å². The maximum atomic E-state index is 13.0. The van der Waals surface area contributed by atoms with Gasteiger partial charge in [-0.05, 0) is 103 Å². The topological polar surface area (TPSA) is 237 Å². The average Bonchev–Trinajstić information content (AvgIpc) is 3.58. The second-order valence-corrected chi connectivity index (χ2v) is 25.0. The molecule has 0 spiro atoms. The van der Waals surface area contributed by atoms with Crippen molar-refractivity contribution in [1.29, 1.82) is 0 Å². The van der Waals surface area contributed by atoms with Gasteiger partial charge in [0.15, 0.2) is 12.2 Å². The highest BCUT2D eigenvalue weighted by atomic mass is 31.2. The quantitative estimate of drug-likeness (QED) is 0.0169. The van der Waals surface area contributed by atoms with E-state index in [1.807, 2.05) is 0 Å². The lowest BCUT2D eigenvalue weighted by Gasteiger charge is -2.21. The predicted octanol–water partition coefficient (Wildman–Crippen LogP) is 17.4. The standard InChI is InChI=1S/C65H118O17P2/c1-5-9-13-17-21-25-29-33-37-41-45-49-62(67)75-55-60(81-64(69)51-47-43-39-35-31-27-23-19-15-11-7-3)57-79-83(71,72)77-53-59(66)54-78-84(73,74)80-58-61(82-65(70)52-48-44-40-36-32-28-24-20-16-12-8-4)56-76-63(68)50-46-42-38-34-30-26-22-18-14-10-6-2/h17-24,59-61,66H,5-16,25-58H2,1-4H3,(H,71,72)(H,73,74)/b21-17+,22-18+,23-19+,24-20+/t60-,61-/m1/s1. The number of carbonyl (C=O) groups is 4. The van der Waals surface area contributed by atoms with Crippen LogP contribution < -0.4 is 0 Å². The SMILES string of the molecule is CCCC/C=C/CCCCCCCC(=O)OC[C@H](COP(=O)(O)OCC(O)COP(=O)(O)OC[C@@H](COC(=O)CCCCCCC/C=C/CCCC)OC(=O)CCCCCCC/C=C/CCCC)OC(=O)CCCCCCC/C=C/CCCC. The molecule has 0 aliphatic carbocycles. The molecule has 0 aromatic heterocycles. The number of phosphoric ester groups is 2. The predicted molar refractivity (Wildman–Crippen MR) is 335 cm³/mol. The van der Waals surface area contributed by atoms with Crippen molar-refractivity contribution in [3.05, 3.63) is 48.6 Å². The van der Waals surface area contributed by atoms with E-state index < -0.39 is 97.5 Å². The maximum absolute atomic E-state index is 13.0. The van der Waals surface area contributed by atoms with Crippen LogP contribution in [-0.2, 0) is 65.4 Å². The smallest absolute Gasteiger partial charge is 0.462 e. The molecule has 17 nitrogen and oxygen atoms in total. The number of esters is 4. The van der Waals surface area contributed by atoms with Crippen LogP contribution in [0.15, 0.2) is 48.6 Å². The van der Waals surface area contributed by atoms with Gasteiger partial charge in [-0.1, -0.05) is 205 Å². The summed E-state index contributed by atoms with van der Waals surface area (Å²) in [6.45, 7) is 4.66. The summed E-state index contributed by atoms with van der Waals surface area (Å²) in [5.41, 5.74) is 0. The third-order valence-corrected chi connectivity index (χ3v) is 15.6. The van der Waals surface area contributed by atoms with Crippen molar-refractivity contribution in [2.45, 2.75) is 303 Å². The van der Waals surface area contributed by atoms with Gasteiger partial charge in [-0.15, -0.1) is 0 Å². The van der Waals surface area contributed by atoms with Crippen molar-refractivity contribution in [3.63, 3.8) is 0 Å². The highest BCUT2D eigenvalue weighted by molar-refractivity contribution is 7.47. The summed E-state index contributed by atoms with van der Waals surface area (Å²) in [5.74, 6) is -2.20. The fourth-order valence-corrected chi connectivity index (χ4v) is 10.1. The molecule has 0 aliphatic heterocycles. The molecule has 0 saturated heterocycles. The molecule has 2 unspecified atom stereocenters. The van der Waals surface area contributed by atoms with Crippen molar-refractivity contribution in [2.24, 2.45) is 0 Å². The van der Waals surface area contributed by atoms with Crippen LogP contribution >= 0.6 is 15.6 Å². The van der Waals surface area contributed by atoms with Crippen LogP contribution in [-0.4, -0.2) is 96.7 Å². The van der Waals surface area contributed by atoms with Crippen molar-refractivity contribution in [2.75, 3.05) is 39.6 Å². The summed E-state index contributed by atoms with van der Waals surface area (Å²) in [6.07, 6.45) is 50.1. The number of hydrogen-bond donors (Lipinski definition) is 3. The molecule has 0 aromatic carbocycles. The van der Waals surface area contributed by atoms with Crippen molar-refractivity contribution >= 4 is 39.5 Å². The molecule has 4 atom stereocenters. The highest BCUT2D eigenvalue weighted by Crippen LogP contribution is 2.45. The number of carbonyl (C=O) groups excluding carboxylic acids is 4. The second-order valence-electron chi connectivity index (χ2n) is 22.0. The number of phosphoric acid groups is 2. The van der Waals surface area contributed by atoms with Crippen molar-refractivity contribution in [3.8, 4) is 0 Å². The normalized spacial score (nSPS) is 14.5. The van der Waals surface area contributed by atoms with Gasteiger partial charge >= 0.3 is 39.5 Å². The van der Waals surface area contributed by atoms with E-state index in [0.717, 1.165) is 154 Å². The van der Waals surface area contributed by atoms with E-state index in [-0.39, 0.29) is 25.7 Å². The average molecular weight is 1230 g/mol. The number of aliphatic hydroxyl groups excluding tert-OH is 1. The molecule has 19 heteroatoms. The van der Waals surface area contributed by atoms with Gasteiger partial charge in [-0.25, -0.2) is 9.13 Å². The fourth-order valence-electron chi connectivity index (χ4n) is 8.55. The molecular formula is C65H118O17P2. The van der Waals surface area contributed by atoms with Crippen LogP contribution in [0, 0.1) is 0 Å². The molecular weight excluding hydrogens is 1110 g/mol. The second kappa shape index (κ2) is 59.0. The minimum atomic E-state index is -4.96. The van der Waals surface area contributed by atoms with E-state index in [0.29, 0.717) is 25.7 Å². The van der Waals surface area contributed by atoms with Crippen LogP contribution in [0.1, 0.15) is 285 Å². The summed E-state index contributed by atoms with van der Waals surface area (Å²) in [4.78, 5) is 72.2. The number of aliphatic hydroxyl groups is 1. The molecule has 0 bridgehead atoms.